The molecule has 0 heterocycles. The Bertz CT molecular complexity index is 199. The van der Waals surface area contributed by atoms with Crippen molar-refractivity contribution >= 4 is 0 Å². The van der Waals surface area contributed by atoms with E-state index < -0.39 is 24.2 Å². The van der Waals surface area contributed by atoms with Crippen LogP contribution < -0.4 is 5.32 Å². The third-order valence-electron chi connectivity index (χ3n) is 2.85. The summed E-state index contributed by atoms with van der Waals surface area (Å²) < 4.78 is 36.0. The zero-order chi connectivity index (χ0) is 11.5. The van der Waals surface area contributed by atoms with Crippen molar-refractivity contribution in [2.75, 3.05) is 6.54 Å². The predicted molar refractivity (Wildman–Crippen MR) is 51.6 cm³/mol. The van der Waals surface area contributed by atoms with Gasteiger partial charge in [0.05, 0.1) is 12.0 Å². The maximum Gasteiger partial charge on any atom is 0.390 e. The van der Waals surface area contributed by atoms with Crippen LogP contribution in [-0.2, 0) is 0 Å². The summed E-state index contributed by atoms with van der Waals surface area (Å²) in [6.45, 7) is 1.76. The number of hydrogen-bond donors (Lipinski definition) is 2. The summed E-state index contributed by atoms with van der Waals surface area (Å²) in [4.78, 5) is 0. The summed E-state index contributed by atoms with van der Waals surface area (Å²) >= 11 is 0. The molecule has 1 saturated carbocycles. The van der Waals surface area contributed by atoms with Crippen LogP contribution in [0.3, 0.4) is 0 Å². The minimum atomic E-state index is -4.13. The van der Waals surface area contributed by atoms with Crippen LogP contribution in [0.5, 0.6) is 0 Å². The van der Waals surface area contributed by atoms with E-state index in [1.165, 1.54) is 6.92 Å². The average molecular weight is 225 g/mol. The second-order valence-corrected chi connectivity index (χ2v) is 4.53. The van der Waals surface area contributed by atoms with Crippen LogP contribution in [0.4, 0.5) is 13.2 Å². The molecule has 0 aliphatic heterocycles. The van der Waals surface area contributed by atoms with Gasteiger partial charge in [-0.25, -0.2) is 0 Å². The van der Waals surface area contributed by atoms with Gasteiger partial charge in [-0.15, -0.1) is 0 Å². The fourth-order valence-electron chi connectivity index (χ4n) is 1.99. The van der Waals surface area contributed by atoms with Gasteiger partial charge in [-0.3, -0.25) is 0 Å². The highest BCUT2D eigenvalue weighted by Gasteiger charge is 2.33. The molecule has 2 nitrogen and oxygen atoms in total. The lowest BCUT2D eigenvalue weighted by atomic mass is 10.0. The van der Waals surface area contributed by atoms with Gasteiger partial charge in [0.1, 0.15) is 0 Å². The molecule has 1 fully saturated rings. The van der Waals surface area contributed by atoms with Crippen molar-refractivity contribution in [3.05, 3.63) is 0 Å². The quantitative estimate of drug-likeness (QED) is 0.769. The van der Waals surface area contributed by atoms with Crippen molar-refractivity contribution in [1.29, 1.82) is 0 Å². The Balaban J connectivity index is 2.24. The van der Waals surface area contributed by atoms with Crippen molar-refractivity contribution in [1.82, 2.24) is 5.32 Å². The first-order valence-electron chi connectivity index (χ1n) is 5.33. The van der Waals surface area contributed by atoms with Crippen molar-refractivity contribution < 1.29 is 18.3 Å². The summed E-state index contributed by atoms with van der Waals surface area (Å²) in [6, 6.07) is -0.630. The Morgan fingerprint density at radius 3 is 2.33 bits per heavy atom. The summed E-state index contributed by atoms with van der Waals surface area (Å²) in [6.07, 6.45) is -1.66. The molecule has 1 rings (SSSR count). The van der Waals surface area contributed by atoms with E-state index in [4.69, 9.17) is 0 Å². The highest BCUT2D eigenvalue weighted by atomic mass is 19.4. The average Bonchev–Trinajstić information content (AvgIpc) is 2.47. The third-order valence-corrected chi connectivity index (χ3v) is 2.85. The lowest BCUT2D eigenvalue weighted by molar-refractivity contribution is -0.139. The predicted octanol–water partition coefficient (Wildman–Crippen LogP) is 2.22. The Hall–Kier alpha value is -0.290. The number of aliphatic hydroxyl groups is 1. The largest absolute Gasteiger partial charge is 0.390 e. The van der Waals surface area contributed by atoms with E-state index in [2.05, 4.69) is 5.32 Å². The molecule has 1 unspecified atom stereocenters. The molecule has 1 aliphatic rings. The molecule has 90 valence electrons. The van der Waals surface area contributed by atoms with E-state index >= 15 is 0 Å². The Labute approximate surface area is 87.9 Å². The van der Waals surface area contributed by atoms with Crippen molar-refractivity contribution in [2.24, 2.45) is 0 Å². The van der Waals surface area contributed by atoms with Gasteiger partial charge < -0.3 is 10.4 Å². The van der Waals surface area contributed by atoms with Crippen LogP contribution in [0.25, 0.3) is 0 Å². The Morgan fingerprint density at radius 1 is 1.33 bits per heavy atom. The van der Waals surface area contributed by atoms with Crippen LogP contribution in [0.15, 0.2) is 0 Å². The molecule has 0 bridgehead atoms. The zero-order valence-corrected chi connectivity index (χ0v) is 8.90. The highest BCUT2D eigenvalue weighted by Crippen LogP contribution is 2.29. The summed E-state index contributed by atoms with van der Waals surface area (Å²) in [5.41, 5.74) is -0.778. The molecule has 0 radical (unpaired) electrons. The summed E-state index contributed by atoms with van der Waals surface area (Å²) in [5, 5.41) is 12.6. The molecule has 0 amide bonds. The highest BCUT2D eigenvalue weighted by molar-refractivity contribution is 4.87. The molecule has 0 saturated heterocycles. The molecule has 1 atom stereocenters. The van der Waals surface area contributed by atoms with Crippen LogP contribution in [0.1, 0.15) is 39.0 Å². The standard InChI is InChI=1S/C10H18F3NO/c1-8(6-10(11,12)13)14-7-9(15)4-2-3-5-9/h8,14-15H,2-7H2,1H3. The van der Waals surface area contributed by atoms with Gasteiger partial charge >= 0.3 is 6.18 Å². The first kappa shape index (κ1) is 12.8. The molecule has 0 aromatic carbocycles. The topological polar surface area (TPSA) is 32.3 Å². The van der Waals surface area contributed by atoms with Crippen LogP contribution in [0, 0.1) is 0 Å². The Morgan fingerprint density at radius 2 is 1.87 bits per heavy atom. The van der Waals surface area contributed by atoms with Gasteiger partial charge in [0.25, 0.3) is 0 Å². The van der Waals surface area contributed by atoms with Crippen LogP contribution in [0.2, 0.25) is 0 Å². The van der Waals surface area contributed by atoms with Crippen LogP contribution in [-0.4, -0.2) is 29.5 Å². The van der Waals surface area contributed by atoms with E-state index in [0.717, 1.165) is 12.8 Å². The second-order valence-electron chi connectivity index (χ2n) is 4.53. The SMILES string of the molecule is CC(CC(F)(F)F)NCC1(O)CCCC1. The third kappa shape index (κ3) is 4.84. The number of rotatable bonds is 4. The minimum Gasteiger partial charge on any atom is -0.389 e. The van der Waals surface area contributed by atoms with Gasteiger partial charge in [0.15, 0.2) is 0 Å². The monoisotopic (exact) mass is 225 g/mol. The van der Waals surface area contributed by atoms with Crippen molar-refractivity contribution in [3.63, 3.8) is 0 Å². The van der Waals surface area contributed by atoms with E-state index in [9.17, 15) is 18.3 Å². The molecule has 5 heteroatoms. The summed E-state index contributed by atoms with van der Waals surface area (Å²) in [5.74, 6) is 0. The molecule has 2 N–H and O–H groups in total. The summed E-state index contributed by atoms with van der Waals surface area (Å²) in [7, 11) is 0. The van der Waals surface area contributed by atoms with Gasteiger partial charge in [0, 0.05) is 12.6 Å². The molecule has 15 heavy (non-hydrogen) atoms. The fourth-order valence-corrected chi connectivity index (χ4v) is 1.99. The Kier molecular flexibility index (Phi) is 4.00. The molecule has 0 aromatic heterocycles. The van der Waals surface area contributed by atoms with E-state index in [1.807, 2.05) is 0 Å². The minimum absolute atomic E-state index is 0.268. The maximum absolute atomic E-state index is 12.0. The molecular weight excluding hydrogens is 207 g/mol. The smallest absolute Gasteiger partial charge is 0.389 e. The second kappa shape index (κ2) is 4.70. The van der Waals surface area contributed by atoms with Crippen molar-refractivity contribution in [3.8, 4) is 0 Å². The number of hydrogen-bond acceptors (Lipinski definition) is 2. The normalized spacial score (nSPS) is 23.0. The first-order valence-corrected chi connectivity index (χ1v) is 5.33. The number of halogens is 3. The molecule has 0 aromatic rings. The van der Waals surface area contributed by atoms with Gasteiger partial charge in [-0.05, 0) is 19.8 Å². The molecule has 1 aliphatic carbocycles. The van der Waals surface area contributed by atoms with Gasteiger partial charge in [0.2, 0.25) is 0 Å². The lowest BCUT2D eigenvalue weighted by Crippen LogP contribution is -2.43. The number of alkyl halides is 3. The molecular formula is C10H18F3NO. The van der Waals surface area contributed by atoms with E-state index in [-0.39, 0.29) is 6.54 Å². The first-order chi connectivity index (χ1) is 6.81. The lowest BCUT2D eigenvalue weighted by Gasteiger charge is -2.25. The zero-order valence-electron chi connectivity index (χ0n) is 8.90. The van der Waals surface area contributed by atoms with E-state index in [0.29, 0.717) is 12.8 Å². The van der Waals surface area contributed by atoms with Gasteiger partial charge in [-0.1, -0.05) is 12.8 Å². The van der Waals surface area contributed by atoms with Crippen LogP contribution >= 0.6 is 0 Å². The number of nitrogens with one attached hydrogen (secondary N) is 1. The molecule has 0 spiro atoms. The van der Waals surface area contributed by atoms with Gasteiger partial charge in [-0.2, -0.15) is 13.2 Å². The van der Waals surface area contributed by atoms with Crippen molar-refractivity contribution in [2.45, 2.75) is 56.8 Å². The van der Waals surface area contributed by atoms with E-state index in [1.54, 1.807) is 0 Å². The maximum atomic E-state index is 12.0. The fraction of sp³-hybridized carbons (Fsp3) is 1.00.